The summed E-state index contributed by atoms with van der Waals surface area (Å²) >= 11 is 1.87. The van der Waals surface area contributed by atoms with Crippen LogP contribution in [0, 0.1) is 0 Å². The molecule has 2 aromatic carbocycles. The predicted octanol–water partition coefficient (Wildman–Crippen LogP) is 3.88. The highest BCUT2D eigenvalue weighted by molar-refractivity contribution is 7.99. The summed E-state index contributed by atoms with van der Waals surface area (Å²) in [5.41, 5.74) is 2.65. The monoisotopic (exact) mass is 554 g/mol. The fourth-order valence-corrected chi connectivity index (χ4v) is 5.75. The van der Waals surface area contributed by atoms with Gasteiger partial charge in [0.15, 0.2) is 0 Å². The minimum Gasteiger partial charge on any atom is -0.478 e. The fraction of sp³-hybridized carbons (Fsp3) is 0.414. The number of likely N-dealkylation sites (N-methyl/N-ethyl adjacent to an activating group) is 1. The Balaban J connectivity index is 0.000000459. The molecule has 2 aliphatic heterocycles. The first kappa shape index (κ1) is 30.2. The summed E-state index contributed by atoms with van der Waals surface area (Å²) in [7, 11) is 0. The molecule has 0 aliphatic carbocycles. The second-order valence-electron chi connectivity index (χ2n) is 9.24. The number of benzene rings is 2. The number of para-hydroxylation sites is 2. The molecule has 4 rings (SSSR count). The Morgan fingerprint density at radius 2 is 1.28 bits per heavy atom. The van der Waals surface area contributed by atoms with Gasteiger partial charge in [-0.2, -0.15) is 0 Å². The van der Waals surface area contributed by atoms with E-state index in [-0.39, 0.29) is 5.91 Å². The lowest BCUT2D eigenvalue weighted by atomic mass is 10.2. The molecule has 0 aromatic heterocycles. The minimum absolute atomic E-state index is 0.263. The number of carboxylic acids is 2. The average molecular weight is 555 g/mol. The molecule has 0 bridgehead atoms. The molecule has 0 spiro atoms. The van der Waals surface area contributed by atoms with Gasteiger partial charge in [0.1, 0.15) is 0 Å². The van der Waals surface area contributed by atoms with Gasteiger partial charge in [0.05, 0.1) is 17.9 Å². The second kappa shape index (κ2) is 15.3. The molecule has 0 unspecified atom stereocenters. The van der Waals surface area contributed by atoms with E-state index in [1.165, 1.54) is 21.2 Å². The number of amides is 1. The van der Waals surface area contributed by atoms with Crippen molar-refractivity contribution in [2.75, 3.05) is 63.8 Å². The van der Waals surface area contributed by atoms with Crippen molar-refractivity contribution in [3.05, 3.63) is 60.7 Å². The van der Waals surface area contributed by atoms with Crippen molar-refractivity contribution in [2.24, 2.45) is 0 Å². The lowest BCUT2D eigenvalue weighted by molar-refractivity contribution is -0.134. The van der Waals surface area contributed by atoms with E-state index >= 15 is 0 Å². The van der Waals surface area contributed by atoms with Gasteiger partial charge in [-0.05, 0) is 51.1 Å². The number of rotatable bonds is 10. The van der Waals surface area contributed by atoms with Gasteiger partial charge >= 0.3 is 11.9 Å². The molecule has 2 heterocycles. The van der Waals surface area contributed by atoms with Crippen molar-refractivity contribution in [1.29, 1.82) is 0 Å². The quantitative estimate of drug-likeness (QED) is 0.424. The SMILES string of the molecule is CCN(CC)C(=O)CN1CCN(CCCN2c3ccccc3Sc3ccccc32)CC1.O=C(O)/C=C\C(=O)O. The number of nitrogens with zero attached hydrogens (tertiary/aromatic N) is 4. The topological polar surface area (TPSA) is 105 Å². The molecule has 1 amide bonds. The molecule has 1 fully saturated rings. The fourth-order valence-electron chi connectivity index (χ4n) is 4.66. The maximum atomic E-state index is 12.4. The Bertz CT molecular complexity index is 1080. The van der Waals surface area contributed by atoms with E-state index < -0.39 is 11.9 Å². The van der Waals surface area contributed by atoms with Crippen molar-refractivity contribution in [3.63, 3.8) is 0 Å². The van der Waals surface area contributed by atoms with Gasteiger partial charge in [-0.1, -0.05) is 36.0 Å². The van der Waals surface area contributed by atoms with Crippen LogP contribution in [0.2, 0.25) is 0 Å². The van der Waals surface area contributed by atoms with Crippen LogP contribution in [0.15, 0.2) is 70.5 Å². The van der Waals surface area contributed by atoms with E-state index in [0.29, 0.717) is 18.7 Å². The molecular formula is C29H38N4O5S. The summed E-state index contributed by atoms with van der Waals surface area (Å²) in [6.45, 7) is 12.5. The molecule has 210 valence electrons. The van der Waals surface area contributed by atoms with Gasteiger partial charge in [0.2, 0.25) is 5.91 Å². The summed E-state index contributed by atoms with van der Waals surface area (Å²) in [5, 5.41) is 15.6. The molecule has 2 N–H and O–H groups in total. The van der Waals surface area contributed by atoms with Crippen LogP contribution < -0.4 is 4.90 Å². The third kappa shape index (κ3) is 9.12. The lowest BCUT2D eigenvalue weighted by Crippen LogP contribution is -2.50. The highest BCUT2D eigenvalue weighted by Gasteiger charge is 2.24. The molecule has 2 aliphatic rings. The normalized spacial score (nSPS) is 15.2. The van der Waals surface area contributed by atoms with Crippen LogP contribution in [-0.2, 0) is 14.4 Å². The Morgan fingerprint density at radius 3 is 1.77 bits per heavy atom. The van der Waals surface area contributed by atoms with Crippen LogP contribution >= 0.6 is 11.8 Å². The molecule has 10 heteroatoms. The van der Waals surface area contributed by atoms with Crippen LogP contribution in [0.1, 0.15) is 20.3 Å². The number of anilines is 2. The first-order chi connectivity index (χ1) is 18.8. The summed E-state index contributed by atoms with van der Waals surface area (Å²) in [6, 6.07) is 17.5. The molecule has 39 heavy (non-hydrogen) atoms. The van der Waals surface area contributed by atoms with Gasteiger partial charge in [-0.3, -0.25) is 9.69 Å². The standard InChI is InChI=1S/C25H34N4OS.C4H4O4/c1-3-28(4-2)25(30)20-27-18-16-26(17-19-27)14-9-15-29-21-10-5-7-12-23(21)31-24-13-8-6-11-22(24)29;5-3(6)1-2-4(7)8/h5-8,10-13H,3-4,9,14-20H2,1-2H3;1-2H,(H,5,6)(H,7,8)/b;2-1-. The highest BCUT2D eigenvalue weighted by Crippen LogP contribution is 2.47. The van der Waals surface area contributed by atoms with E-state index in [2.05, 4.69) is 77.1 Å². The molecule has 9 nitrogen and oxygen atoms in total. The Hall–Kier alpha value is -3.34. The summed E-state index contributed by atoms with van der Waals surface area (Å²) in [6.07, 6.45) is 2.25. The maximum absolute atomic E-state index is 12.4. The zero-order valence-electron chi connectivity index (χ0n) is 22.7. The van der Waals surface area contributed by atoms with Gasteiger partial charge in [-0.15, -0.1) is 0 Å². The Morgan fingerprint density at radius 1 is 0.795 bits per heavy atom. The largest absolute Gasteiger partial charge is 0.478 e. The lowest BCUT2D eigenvalue weighted by Gasteiger charge is -2.36. The third-order valence-electron chi connectivity index (χ3n) is 6.70. The van der Waals surface area contributed by atoms with E-state index in [4.69, 9.17) is 10.2 Å². The predicted molar refractivity (Wildman–Crippen MR) is 154 cm³/mol. The minimum atomic E-state index is -1.26. The van der Waals surface area contributed by atoms with Crippen LogP contribution in [0.5, 0.6) is 0 Å². The molecule has 0 saturated carbocycles. The van der Waals surface area contributed by atoms with Crippen molar-refractivity contribution in [2.45, 2.75) is 30.1 Å². The first-order valence-electron chi connectivity index (χ1n) is 13.3. The van der Waals surface area contributed by atoms with Crippen molar-refractivity contribution in [1.82, 2.24) is 14.7 Å². The Labute approximate surface area is 234 Å². The summed E-state index contributed by atoms with van der Waals surface area (Å²) < 4.78 is 0. The summed E-state index contributed by atoms with van der Waals surface area (Å²) in [5.74, 6) is -2.25. The molecular weight excluding hydrogens is 516 g/mol. The number of fused-ring (bicyclic) bond motifs is 2. The van der Waals surface area contributed by atoms with E-state index in [0.717, 1.165) is 58.8 Å². The number of carbonyl (C=O) groups excluding carboxylic acids is 1. The van der Waals surface area contributed by atoms with Crippen molar-refractivity contribution >= 4 is 41.0 Å². The van der Waals surface area contributed by atoms with Gasteiger partial charge < -0.3 is 24.9 Å². The maximum Gasteiger partial charge on any atom is 0.328 e. The second-order valence-corrected chi connectivity index (χ2v) is 10.3. The summed E-state index contributed by atoms with van der Waals surface area (Å²) in [4.78, 5) is 43.4. The van der Waals surface area contributed by atoms with Crippen molar-refractivity contribution < 1.29 is 24.6 Å². The number of carboxylic acid groups (broad SMARTS) is 2. The van der Waals surface area contributed by atoms with E-state index in [1.54, 1.807) is 0 Å². The smallest absolute Gasteiger partial charge is 0.328 e. The zero-order chi connectivity index (χ0) is 28.2. The molecule has 0 atom stereocenters. The molecule has 2 aromatic rings. The Kier molecular flexibility index (Phi) is 11.9. The first-order valence-corrected chi connectivity index (χ1v) is 14.1. The van der Waals surface area contributed by atoms with Gasteiger partial charge in [0, 0.05) is 67.8 Å². The van der Waals surface area contributed by atoms with E-state index in [9.17, 15) is 14.4 Å². The number of hydrogen-bond donors (Lipinski definition) is 2. The van der Waals surface area contributed by atoms with Crippen LogP contribution in [0.25, 0.3) is 0 Å². The highest BCUT2D eigenvalue weighted by atomic mass is 32.2. The van der Waals surface area contributed by atoms with Gasteiger partial charge in [-0.25, -0.2) is 9.59 Å². The van der Waals surface area contributed by atoms with Gasteiger partial charge in [0.25, 0.3) is 0 Å². The van der Waals surface area contributed by atoms with E-state index in [1.807, 2.05) is 16.7 Å². The number of carbonyl (C=O) groups is 3. The van der Waals surface area contributed by atoms with Crippen LogP contribution in [-0.4, -0.2) is 102 Å². The van der Waals surface area contributed by atoms with Crippen molar-refractivity contribution in [3.8, 4) is 0 Å². The number of aliphatic carboxylic acids is 2. The molecule has 0 radical (unpaired) electrons. The number of piperazine rings is 1. The van der Waals surface area contributed by atoms with Crippen LogP contribution in [0.3, 0.4) is 0 Å². The third-order valence-corrected chi connectivity index (χ3v) is 7.83. The zero-order valence-corrected chi connectivity index (χ0v) is 23.5. The molecule has 1 saturated heterocycles. The van der Waals surface area contributed by atoms with Crippen LogP contribution in [0.4, 0.5) is 11.4 Å². The average Bonchev–Trinajstić information content (AvgIpc) is 2.93. The number of hydrogen-bond acceptors (Lipinski definition) is 7.